The summed E-state index contributed by atoms with van der Waals surface area (Å²) in [6.07, 6.45) is -0.507. The number of carbonyl (C=O) groups excluding carboxylic acids is 4. The number of hydrogen-bond donors (Lipinski definition) is 2. The molecule has 0 spiro atoms. The fourth-order valence-corrected chi connectivity index (χ4v) is 2.49. The first-order chi connectivity index (χ1) is 13.9. The maximum atomic E-state index is 12.4. The minimum Gasteiger partial charge on any atom is -0.458 e. The van der Waals surface area contributed by atoms with Crippen molar-refractivity contribution in [1.29, 1.82) is 0 Å². The predicted octanol–water partition coefficient (Wildman–Crippen LogP) is 2.74. The maximum Gasteiger partial charge on any atom is 0.408 e. The van der Waals surface area contributed by atoms with Gasteiger partial charge in [0.1, 0.15) is 18.2 Å². The second-order valence-electron chi connectivity index (χ2n) is 8.48. The summed E-state index contributed by atoms with van der Waals surface area (Å²) >= 11 is 0. The summed E-state index contributed by atoms with van der Waals surface area (Å²) < 4.78 is 10.4. The fraction of sp³-hybridized carbons (Fsp3) is 0.545. The standard InChI is InChI=1S/C22H32N2O6/c1-14(2)12-17(20(27)30-22(4,5)6)24-19(26)18(25)15(3)23-21(28)29-13-16-10-8-7-9-11-16/h7-11,14-15,17H,12-13H2,1-6H3,(H,23,28)(H,24,26)/t15-,17-/m0/s1. The zero-order chi connectivity index (χ0) is 22.9. The van der Waals surface area contributed by atoms with E-state index in [0.717, 1.165) is 5.56 Å². The van der Waals surface area contributed by atoms with Crippen LogP contribution in [0.2, 0.25) is 0 Å². The van der Waals surface area contributed by atoms with E-state index in [1.54, 1.807) is 32.9 Å². The monoisotopic (exact) mass is 420 g/mol. The number of Topliss-reactive ketones (excluding diaryl/α,β-unsaturated/α-hetero) is 1. The summed E-state index contributed by atoms with van der Waals surface area (Å²) in [6.45, 7) is 10.3. The van der Waals surface area contributed by atoms with Gasteiger partial charge < -0.3 is 20.1 Å². The number of ketones is 1. The van der Waals surface area contributed by atoms with E-state index in [4.69, 9.17) is 9.47 Å². The lowest BCUT2D eigenvalue weighted by Gasteiger charge is -2.25. The molecule has 2 atom stereocenters. The molecule has 0 fully saturated rings. The van der Waals surface area contributed by atoms with Crippen LogP contribution < -0.4 is 10.6 Å². The van der Waals surface area contributed by atoms with Gasteiger partial charge in [0.15, 0.2) is 0 Å². The van der Waals surface area contributed by atoms with E-state index in [1.165, 1.54) is 6.92 Å². The van der Waals surface area contributed by atoms with Crippen molar-refractivity contribution < 1.29 is 28.7 Å². The highest BCUT2D eigenvalue weighted by atomic mass is 16.6. The molecule has 0 unspecified atom stereocenters. The van der Waals surface area contributed by atoms with Crippen molar-refractivity contribution in [2.24, 2.45) is 5.92 Å². The van der Waals surface area contributed by atoms with Crippen LogP contribution in [0.25, 0.3) is 0 Å². The van der Waals surface area contributed by atoms with Crippen molar-refractivity contribution in [2.45, 2.75) is 72.3 Å². The van der Waals surface area contributed by atoms with Crippen LogP contribution in [0.15, 0.2) is 30.3 Å². The van der Waals surface area contributed by atoms with Crippen LogP contribution in [-0.2, 0) is 30.5 Å². The Morgan fingerprint density at radius 2 is 1.57 bits per heavy atom. The number of amides is 2. The lowest BCUT2D eigenvalue weighted by atomic mass is 10.0. The van der Waals surface area contributed by atoms with E-state index in [0.29, 0.717) is 6.42 Å². The molecule has 30 heavy (non-hydrogen) atoms. The van der Waals surface area contributed by atoms with E-state index in [2.05, 4.69) is 10.6 Å². The van der Waals surface area contributed by atoms with Gasteiger partial charge in [-0.25, -0.2) is 9.59 Å². The van der Waals surface area contributed by atoms with Gasteiger partial charge in [-0.05, 0) is 45.6 Å². The molecule has 0 radical (unpaired) electrons. The van der Waals surface area contributed by atoms with Crippen LogP contribution in [0.4, 0.5) is 4.79 Å². The molecule has 0 aromatic heterocycles. The van der Waals surface area contributed by atoms with E-state index in [1.807, 2.05) is 32.0 Å². The summed E-state index contributed by atoms with van der Waals surface area (Å²) in [5, 5.41) is 4.75. The van der Waals surface area contributed by atoms with Gasteiger partial charge in [-0.2, -0.15) is 0 Å². The number of hydrogen-bond acceptors (Lipinski definition) is 6. The van der Waals surface area contributed by atoms with Crippen LogP contribution in [0.5, 0.6) is 0 Å². The minimum atomic E-state index is -1.12. The number of ether oxygens (including phenoxy) is 2. The van der Waals surface area contributed by atoms with Gasteiger partial charge in [-0.1, -0.05) is 44.2 Å². The van der Waals surface area contributed by atoms with Gasteiger partial charge in [0.25, 0.3) is 5.91 Å². The number of nitrogens with one attached hydrogen (secondary N) is 2. The van der Waals surface area contributed by atoms with Gasteiger partial charge >= 0.3 is 12.1 Å². The average molecular weight is 421 g/mol. The normalized spacial score (nSPS) is 13.2. The maximum absolute atomic E-state index is 12.4. The number of benzene rings is 1. The lowest BCUT2D eigenvalue weighted by Crippen LogP contribution is -2.51. The molecular formula is C22H32N2O6. The first kappa shape index (κ1) is 25.1. The first-order valence-corrected chi connectivity index (χ1v) is 9.94. The van der Waals surface area contributed by atoms with Crippen LogP contribution in [-0.4, -0.2) is 41.4 Å². The summed E-state index contributed by atoms with van der Waals surface area (Å²) in [4.78, 5) is 49.0. The molecule has 0 saturated carbocycles. The molecule has 8 heteroatoms. The van der Waals surface area contributed by atoms with Crippen LogP contribution >= 0.6 is 0 Å². The average Bonchev–Trinajstić information content (AvgIpc) is 2.64. The third-order valence-electron chi connectivity index (χ3n) is 3.87. The highest BCUT2D eigenvalue weighted by Gasteiger charge is 2.31. The summed E-state index contributed by atoms with van der Waals surface area (Å²) in [7, 11) is 0. The number of alkyl carbamates (subject to hydrolysis) is 1. The molecule has 1 aromatic rings. The second-order valence-corrected chi connectivity index (χ2v) is 8.48. The Bertz CT molecular complexity index is 740. The van der Waals surface area contributed by atoms with Crippen molar-refractivity contribution in [3.63, 3.8) is 0 Å². The summed E-state index contributed by atoms with van der Waals surface area (Å²) in [5.74, 6) is -2.38. The minimum absolute atomic E-state index is 0.0366. The lowest BCUT2D eigenvalue weighted by molar-refractivity contribution is -0.159. The zero-order valence-corrected chi connectivity index (χ0v) is 18.5. The van der Waals surface area contributed by atoms with Gasteiger partial charge in [0.2, 0.25) is 5.78 Å². The van der Waals surface area contributed by atoms with Gasteiger partial charge in [0.05, 0.1) is 6.04 Å². The Morgan fingerprint density at radius 3 is 2.10 bits per heavy atom. The molecule has 8 nitrogen and oxygen atoms in total. The van der Waals surface area contributed by atoms with Gasteiger partial charge in [-0.3, -0.25) is 9.59 Å². The van der Waals surface area contributed by atoms with E-state index < -0.39 is 41.4 Å². The van der Waals surface area contributed by atoms with Crippen molar-refractivity contribution in [3.8, 4) is 0 Å². The largest absolute Gasteiger partial charge is 0.458 e. The van der Waals surface area contributed by atoms with E-state index in [9.17, 15) is 19.2 Å². The van der Waals surface area contributed by atoms with Gasteiger partial charge in [0, 0.05) is 0 Å². The molecule has 166 valence electrons. The topological polar surface area (TPSA) is 111 Å². The number of esters is 1. The number of carbonyl (C=O) groups is 4. The Kier molecular flexibility index (Phi) is 9.49. The molecule has 2 amide bonds. The Morgan fingerprint density at radius 1 is 0.967 bits per heavy atom. The van der Waals surface area contributed by atoms with Crippen molar-refractivity contribution in [2.75, 3.05) is 0 Å². The smallest absolute Gasteiger partial charge is 0.408 e. The number of rotatable bonds is 9. The molecule has 0 aliphatic heterocycles. The molecule has 0 bridgehead atoms. The molecule has 0 saturated heterocycles. The van der Waals surface area contributed by atoms with E-state index >= 15 is 0 Å². The Hall–Kier alpha value is -2.90. The SMILES string of the molecule is CC(C)C[C@H](NC(=O)C(=O)[C@H](C)NC(=O)OCc1ccccc1)C(=O)OC(C)(C)C. The molecular weight excluding hydrogens is 388 g/mol. The molecule has 1 rings (SSSR count). The summed E-state index contributed by atoms with van der Waals surface area (Å²) in [6, 6.07) is 6.97. The van der Waals surface area contributed by atoms with Crippen molar-refractivity contribution in [1.82, 2.24) is 10.6 Å². The van der Waals surface area contributed by atoms with Crippen molar-refractivity contribution >= 4 is 23.8 Å². The Balaban J connectivity index is 2.62. The fourth-order valence-electron chi connectivity index (χ4n) is 2.49. The third-order valence-corrected chi connectivity index (χ3v) is 3.87. The molecule has 0 aliphatic carbocycles. The molecule has 0 aliphatic rings. The third kappa shape index (κ3) is 9.54. The zero-order valence-electron chi connectivity index (χ0n) is 18.5. The quantitative estimate of drug-likeness (QED) is 0.469. The molecule has 1 aromatic carbocycles. The molecule has 2 N–H and O–H groups in total. The van der Waals surface area contributed by atoms with Crippen molar-refractivity contribution in [3.05, 3.63) is 35.9 Å². The second kappa shape index (κ2) is 11.3. The van der Waals surface area contributed by atoms with E-state index in [-0.39, 0.29) is 12.5 Å². The van der Waals surface area contributed by atoms with Crippen LogP contribution in [0.1, 0.15) is 53.5 Å². The molecule has 0 heterocycles. The first-order valence-electron chi connectivity index (χ1n) is 9.94. The predicted molar refractivity (Wildman–Crippen MR) is 111 cm³/mol. The Labute approximate surface area is 177 Å². The highest BCUT2D eigenvalue weighted by Crippen LogP contribution is 2.13. The highest BCUT2D eigenvalue weighted by molar-refractivity contribution is 6.38. The van der Waals surface area contributed by atoms with Crippen LogP contribution in [0, 0.1) is 5.92 Å². The van der Waals surface area contributed by atoms with Crippen LogP contribution in [0.3, 0.4) is 0 Å². The summed E-state index contributed by atoms with van der Waals surface area (Å²) in [5.41, 5.74) is 0.0663. The van der Waals surface area contributed by atoms with Gasteiger partial charge in [-0.15, -0.1) is 0 Å².